The monoisotopic (exact) mass is 476 g/mol. The van der Waals surface area contributed by atoms with E-state index in [2.05, 4.69) is 22.4 Å². The molecule has 6 rings (SSSR count). The number of nitrogens with one attached hydrogen (secondary N) is 1. The third kappa shape index (κ3) is 3.70. The average Bonchev–Trinajstić information content (AvgIpc) is 3.38. The summed E-state index contributed by atoms with van der Waals surface area (Å²) in [6.45, 7) is 3.87. The van der Waals surface area contributed by atoms with E-state index in [9.17, 15) is 9.59 Å². The van der Waals surface area contributed by atoms with Gasteiger partial charge in [-0.15, -0.1) is 0 Å². The van der Waals surface area contributed by atoms with Gasteiger partial charge in [0.15, 0.2) is 0 Å². The minimum atomic E-state index is -0.0729. The first-order chi connectivity index (χ1) is 17.5. The van der Waals surface area contributed by atoms with Crippen molar-refractivity contribution in [2.45, 2.75) is 39.5 Å². The Kier molecular flexibility index (Phi) is 5.44. The van der Waals surface area contributed by atoms with Crippen molar-refractivity contribution in [3.05, 3.63) is 111 Å². The third-order valence-electron chi connectivity index (χ3n) is 7.42. The number of carbonyl (C=O) groups excluding carboxylic acids is 1. The molecule has 0 bridgehead atoms. The number of para-hydroxylation sites is 2. The molecule has 2 heterocycles. The number of rotatable bonds is 3. The quantitative estimate of drug-likeness (QED) is 0.492. The minimum absolute atomic E-state index is 0.0224. The molecule has 36 heavy (non-hydrogen) atoms. The molecule has 3 aromatic rings. The first-order valence-corrected chi connectivity index (χ1v) is 12.5. The van der Waals surface area contributed by atoms with Crippen LogP contribution in [0.1, 0.15) is 43.9 Å². The van der Waals surface area contributed by atoms with Gasteiger partial charge in [-0.25, -0.2) is 4.68 Å². The molecule has 0 saturated carbocycles. The highest BCUT2D eigenvalue weighted by molar-refractivity contribution is 6.30. The summed E-state index contributed by atoms with van der Waals surface area (Å²) in [6, 6.07) is 19.2. The average molecular weight is 477 g/mol. The Morgan fingerprint density at radius 3 is 2.25 bits per heavy atom. The fourth-order valence-electron chi connectivity index (χ4n) is 5.66. The van der Waals surface area contributed by atoms with E-state index in [0.717, 1.165) is 65.2 Å². The van der Waals surface area contributed by atoms with Crippen LogP contribution in [0.4, 0.5) is 5.69 Å². The predicted molar refractivity (Wildman–Crippen MR) is 143 cm³/mol. The summed E-state index contributed by atoms with van der Waals surface area (Å²) < 4.78 is 1.62. The van der Waals surface area contributed by atoms with Gasteiger partial charge in [0.1, 0.15) is 0 Å². The van der Waals surface area contributed by atoms with Crippen LogP contribution in [0.25, 0.3) is 11.3 Å². The highest BCUT2D eigenvalue weighted by atomic mass is 16.2. The Labute approximate surface area is 209 Å². The number of fused-ring (bicyclic) bond motifs is 1. The highest BCUT2D eigenvalue weighted by Gasteiger charge is 2.33. The summed E-state index contributed by atoms with van der Waals surface area (Å²) in [5, 5.41) is 9.32. The molecule has 1 atom stereocenters. The highest BCUT2D eigenvalue weighted by Crippen LogP contribution is 2.41. The van der Waals surface area contributed by atoms with E-state index in [-0.39, 0.29) is 11.5 Å². The van der Waals surface area contributed by atoms with E-state index in [1.165, 1.54) is 10.6 Å². The Bertz CT molecular complexity index is 1530. The number of aromatic amines is 1. The van der Waals surface area contributed by atoms with Crippen molar-refractivity contribution in [3.8, 4) is 5.69 Å². The Morgan fingerprint density at radius 2 is 1.53 bits per heavy atom. The maximum absolute atomic E-state index is 13.4. The van der Waals surface area contributed by atoms with E-state index >= 15 is 0 Å². The maximum Gasteiger partial charge on any atom is 0.280 e. The Morgan fingerprint density at radius 1 is 0.861 bits per heavy atom. The second-order valence-electron chi connectivity index (χ2n) is 9.71. The third-order valence-corrected chi connectivity index (χ3v) is 7.42. The second-order valence-corrected chi connectivity index (χ2v) is 9.71. The lowest BCUT2D eigenvalue weighted by Crippen LogP contribution is -2.23. The van der Waals surface area contributed by atoms with Gasteiger partial charge in [-0.1, -0.05) is 48.6 Å². The number of aryl methyl sites for hydroxylation is 1. The van der Waals surface area contributed by atoms with Crippen LogP contribution in [0.5, 0.6) is 0 Å². The van der Waals surface area contributed by atoms with E-state index in [1.54, 1.807) is 4.68 Å². The summed E-state index contributed by atoms with van der Waals surface area (Å²) in [4.78, 5) is 26.7. The number of anilines is 1. The van der Waals surface area contributed by atoms with Crippen LogP contribution in [0, 0.1) is 12.8 Å². The van der Waals surface area contributed by atoms with E-state index in [4.69, 9.17) is 0 Å². The van der Waals surface area contributed by atoms with Crippen LogP contribution >= 0.6 is 0 Å². The second kappa shape index (κ2) is 8.79. The lowest BCUT2D eigenvalue weighted by Gasteiger charge is -2.29. The van der Waals surface area contributed by atoms with Gasteiger partial charge >= 0.3 is 0 Å². The number of hydrogen-bond acceptors (Lipinski definition) is 3. The molecule has 0 fully saturated rings. The number of H-pyrrole nitrogens is 1. The molecule has 2 aliphatic carbocycles. The lowest BCUT2D eigenvalue weighted by atomic mass is 9.75. The molecule has 6 heteroatoms. The van der Waals surface area contributed by atoms with Crippen LogP contribution in [0.2, 0.25) is 0 Å². The molecular formula is C30H28N4O2. The molecule has 0 spiro atoms. The van der Waals surface area contributed by atoms with Gasteiger partial charge in [-0.05, 0) is 86.4 Å². The molecule has 2 aromatic carbocycles. The number of nitrogens with zero attached hydrogens (tertiary/aromatic N) is 3. The topological polar surface area (TPSA) is 70.5 Å². The smallest absolute Gasteiger partial charge is 0.280 e. The van der Waals surface area contributed by atoms with Crippen LogP contribution in [0.15, 0.2) is 99.4 Å². The maximum atomic E-state index is 13.4. The molecule has 1 unspecified atom stereocenters. The van der Waals surface area contributed by atoms with Crippen molar-refractivity contribution in [1.82, 2.24) is 9.78 Å². The number of hydrogen-bond donors (Lipinski definition) is 1. The number of hydrazone groups is 1. The molecule has 1 amide bonds. The van der Waals surface area contributed by atoms with Crippen LogP contribution in [0.3, 0.4) is 0 Å². The molecule has 1 aromatic heterocycles. The largest absolute Gasteiger partial charge is 0.295 e. The summed E-state index contributed by atoms with van der Waals surface area (Å²) >= 11 is 0. The fraction of sp³-hybridized carbons (Fsp3) is 0.233. The number of allylic oxidation sites excluding steroid dienone is 5. The first kappa shape index (κ1) is 22.3. The summed E-state index contributed by atoms with van der Waals surface area (Å²) in [5.41, 5.74) is 7.96. The first-order valence-electron chi connectivity index (χ1n) is 12.5. The molecule has 1 N–H and O–H groups in total. The van der Waals surface area contributed by atoms with Crippen molar-refractivity contribution in [2.75, 3.05) is 5.01 Å². The summed E-state index contributed by atoms with van der Waals surface area (Å²) in [5.74, 6) is 0.379. The lowest BCUT2D eigenvalue weighted by molar-refractivity contribution is -0.114. The van der Waals surface area contributed by atoms with Crippen molar-refractivity contribution in [2.24, 2.45) is 11.0 Å². The molecule has 3 aliphatic rings. The normalized spacial score (nSPS) is 21.7. The zero-order chi connectivity index (χ0) is 24.8. The standard InChI is InChI=1S/C30H28N4O2/c1-19-27(29(35)33(31-19)25-9-5-3-6-10-25)22-15-13-21-14-16-23(18-24(21)17-22)28-20(2)32-34(30(28)36)26-11-7-4-8-12-26/h3-12,17-18,21,31H,13-16H2,1-2H3/b28-23-. The van der Waals surface area contributed by atoms with E-state index in [1.807, 2.05) is 74.5 Å². The SMILES string of the molecule is CC1=NN(c2ccccc2)C(=O)/C1=C1\C=C2C=C(c3c(C)[nH]n(-c4ccccc4)c3=O)CCC2CC1. The van der Waals surface area contributed by atoms with E-state index < -0.39 is 0 Å². The zero-order valence-electron chi connectivity index (χ0n) is 20.5. The van der Waals surface area contributed by atoms with Crippen LogP contribution in [-0.4, -0.2) is 21.4 Å². The van der Waals surface area contributed by atoms with Gasteiger partial charge in [-0.3, -0.25) is 14.7 Å². The van der Waals surface area contributed by atoms with Crippen LogP contribution < -0.4 is 10.6 Å². The molecule has 0 radical (unpaired) electrons. The van der Waals surface area contributed by atoms with Gasteiger partial charge in [0.2, 0.25) is 0 Å². The number of amides is 1. The molecule has 0 saturated heterocycles. The summed E-state index contributed by atoms with van der Waals surface area (Å²) in [6.07, 6.45) is 8.09. The fourth-order valence-corrected chi connectivity index (χ4v) is 5.66. The Balaban J connectivity index is 1.38. The van der Waals surface area contributed by atoms with Gasteiger partial charge in [0.25, 0.3) is 11.5 Å². The molecule has 6 nitrogen and oxygen atoms in total. The van der Waals surface area contributed by atoms with Crippen molar-refractivity contribution < 1.29 is 4.79 Å². The zero-order valence-corrected chi connectivity index (χ0v) is 20.5. The molecular weight excluding hydrogens is 448 g/mol. The van der Waals surface area contributed by atoms with Crippen molar-refractivity contribution in [1.29, 1.82) is 0 Å². The van der Waals surface area contributed by atoms with E-state index in [0.29, 0.717) is 11.5 Å². The molecule has 1 aliphatic heterocycles. The van der Waals surface area contributed by atoms with Crippen LogP contribution in [-0.2, 0) is 4.79 Å². The number of benzene rings is 2. The van der Waals surface area contributed by atoms with Gasteiger partial charge in [0.05, 0.1) is 28.2 Å². The summed E-state index contributed by atoms with van der Waals surface area (Å²) in [7, 11) is 0. The van der Waals surface area contributed by atoms with Crippen molar-refractivity contribution in [3.63, 3.8) is 0 Å². The predicted octanol–water partition coefficient (Wildman–Crippen LogP) is 5.71. The van der Waals surface area contributed by atoms with Crippen molar-refractivity contribution >= 4 is 22.9 Å². The number of aromatic nitrogens is 2. The minimum Gasteiger partial charge on any atom is -0.295 e. The van der Waals surface area contributed by atoms with Gasteiger partial charge < -0.3 is 0 Å². The Hall–Kier alpha value is -4.19. The van der Waals surface area contributed by atoms with Gasteiger partial charge in [0, 0.05) is 5.69 Å². The molecule has 180 valence electrons. The number of carbonyl (C=O) groups is 1. The van der Waals surface area contributed by atoms with Gasteiger partial charge in [-0.2, -0.15) is 10.1 Å².